The molecule has 0 bridgehead atoms. The maximum absolute atomic E-state index is 5.60. The highest BCUT2D eigenvalue weighted by molar-refractivity contribution is 5.87. The number of nitrogen functional groups attached to an aromatic ring is 1. The summed E-state index contributed by atoms with van der Waals surface area (Å²) in [5, 5.41) is 0.894. The molecule has 0 fully saturated rings. The Labute approximate surface area is 63.8 Å². The molecule has 2 aromatic rings. The molecule has 0 aliphatic heterocycles. The first-order chi connectivity index (χ1) is 5.27. The van der Waals surface area contributed by atoms with Crippen molar-refractivity contribution in [2.45, 2.75) is 6.92 Å². The number of hydrogen-bond donors (Lipinski definition) is 1. The lowest BCUT2D eigenvalue weighted by Crippen LogP contribution is -1.87. The topological polar surface area (TPSA) is 52.0 Å². The molecule has 0 aliphatic rings. The van der Waals surface area contributed by atoms with E-state index in [1.165, 1.54) is 0 Å². The summed E-state index contributed by atoms with van der Waals surface area (Å²) >= 11 is 0. The Bertz CT molecular complexity index is 392. The zero-order valence-corrected chi connectivity index (χ0v) is 6.16. The third kappa shape index (κ3) is 0.852. The van der Waals surface area contributed by atoms with Gasteiger partial charge in [-0.3, -0.25) is 0 Å². The third-order valence-corrected chi connectivity index (χ3v) is 1.60. The summed E-state index contributed by atoms with van der Waals surface area (Å²) in [7, 11) is 0. The van der Waals surface area contributed by atoms with Gasteiger partial charge in [-0.2, -0.15) is 0 Å². The van der Waals surface area contributed by atoms with Crippen LogP contribution in [0.2, 0.25) is 0 Å². The number of nitrogens with zero attached hydrogens (tertiary/aromatic N) is 1. The third-order valence-electron chi connectivity index (χ3n) is 1.60. The molecule has 0 radical (unpaired) electrons. The van der Waals surface area contributed by atoms with Gasteiger partial charge in [0.2, 0.25) is 0 Å². The molecule has 0 saturated heterocycles. The first-order valence-electron chi connectivity index (χ1n) is 3.38. The van der Waals surface area contributed by atoms with Gasteiger partial charge in [0.05, 0.1) is 5.39 Å². The fourth-order valence-electron chi connectivity index (χ4n) is 1.11. The van der Waals surface area contributed by atoms with E-state index in [-0.39, 0.29) is 0 Å². The predicted molar refractivity (Wildman–Crippen MR) is 43.2 cm³/mol. The van der Waals surface area contributed by atoms with Crippen molar-refractivity contribution >= 4 is 16.8 Å². The standard InChI is InChI=1S/C8H8N2O/c1-5-4-6-7(11-5)2-3-10-8(6)9/h2-4H,1H3,(H2,9,10). The number of rotatable bonds is 0. The van der Waals surface area contributed by atoms with Gasteiger partial charge in [-0.15, -0.1) is 0 Å². The monoisotopic (exact) mass is 148 g/mol. The number of anilines is 1. The number of pyridine rings is 1. The van der Waals surface area contributed by atoms with Crippen LogP contribution >= 0.6 is 0 Å². The van der Waals surface area contributed by atoms with Gasteiger partial charge in [-0.25, -0.2) is 4.98 Å². The van der Waals surface area contributed by atoms with Gasteiger partial charge in [0.25, 0.3) is 0 Å². The van der Waals surface area contributed by atoms with E-state index in [0.717, 1.165) is 16.7 Å². The van der Waals surface area contributed by atoms with Crippen LogP contribution in [0.1, 0.15) is 5.76 Å². The molecule has 0 atom stereocenters. The zero-order chi connectivity index (χ0) is 7.84. The molecule has 0 amide bonds. The van der Waals surface area contributed by atoms with Crippen molar-refractivity contribution in [3.05, 3.63) is 24.1 Å². The van der Waals surface area contributed by atoms with Crippen molar-refractivity contribution in [1.29, 1.82) is 0 Å². The van der Waals surface area contributed by atoms with Gasteiger partial charge in [-0.05, 0) is 19.1 Å². The molecule has 0 saturated carbocycles. The molecule has 0 aromatic carbocycles. The average Bonchev–Trinajstić information content (AvgIpc) is 2.31. The lowest BCUT2D eigenvalue weighted by Gasteiger charge is -1.89. The Morgan fingerprint density at radius 3 is 3.09 bits per heavy atom. The van der Waals surface area contributed by atoms with Crippen LogP contribution in [0.4, 0.5) is 5.82 Å². The smallest absolute Gasteiger partial charge is 0.139 e. The Balaban J connectivity index is 2.90. The second kappa shape index (κ2) is 1.99. The van der Waals surface area contributed by atoms with Crippen molar-refractivity contribution in [3.8, 4) is 0 Å². The van der Waals surface area contributed by atoms with Gasteiger partial charge in [0.1, 0.15) is 17.2 Å². The summed E-state index contributed by atoms with van der Waals surface area (Å²) in [6.45, 7) is 1.89. The number of aromatic nitrogens is 1. The molecule has 3 nitrogen and oxygen atoms in total. The van der Waals surface area contributed by atoms with E-state index in [1.54, 1.807) is 12.3 Å². The molecule has 2 rings (SSSR count). The van der Waals surface area contributed by atoms with E-state index in [1.807, 2.05) is 13.0 Å². The van der Waals surface area contributed by atoms with Gasteiger partial charge in [0, 0.05) is 6.20 Å². The molecule has 2 aromatic heterocycles. The highest BCUT2D eigenvalue weighted by Gasteiger charge is 2.02. The number of furan rings is 1. The summed E-state index contributed by atoms with van der Waals surface area (Å²) < 4.78 is 5.33. The van der Waals surface area contributed by atoms with Crippen molar-refractivity contribution in [2.24, 2.45) is 0 Å². The number of hydrogen-bond acceptors (Lipinski definition) is 3. The number of nitrogens with two attached hydrogens (primary N) is 1. The molecule has 0 unspecified atom stereocenters. The highest BCUT2D eigenvalue weighted by Crippen LogP contribution is 2.21. The summed E-state index contributed by atoms with van der Waals surface area (Å²) in [5.74, 6) is 1.39. The minimum atomic E-state index is 0.527. The first-order valence-corrected chi connectivity index (χ1v) is 3.38. The minimum absolute atomic E-state index is 0.527. The van der Waals surface area contributed by atoms with E-state index >= 15 is 0 Å². The van der Waals surface area contributed by atoms with Crippen LogP contribution in [0.25, 0.3) is 11.0 Å². The summed E-state index contributed by atoms with van der Waals surface area (Å²) in [6, 6.07) is 3.69. The molecule has 0 aliphatic carbocycles. The van der Waals surface area contributed by atoms with Crippen LogP contribution in [-0.2, 0) is 0 Å². The lowest BCUT2D eigenvalue weighted by atomic mass is 10.3. The first kappa shape index (κ1) is 6.22. The molecule has 3 heteroatoms. The fraction of sp³-hybridized carbons (Fsp3) is 0.125. The van der Waals surface area contributed by atoms with E-state index in [2.05, 4.69) is 4.98 Å². The van der Waals surface area contributed by atoms with Gasteiger partial charge < -0.3 is 10.2 Å². The molecular formula is C8H8N2O. The molecule has 11 heavy (non-hydrogen) atoms. The minimum Gasteiger partial charge on any atom is -0.461 e. The molecule has 56 valence electrons. The lowest BCUT2D eigenvalue weighted by molar-refractivity contribution is 0.578. The quantitative estimate of drug-likeness (QED) is 0.618. The summed E-state index contributed by atoms with van der Waals surface area (Å²) in [5.41, 5.74) is 6.40. The van der Waals surface area contributed by atoms with E-state index in [0.29, 0.717) is 5.82 Å². The largest absolute Gasteiger partial charge is 0.461 e. The van der Waals surface area contributed by atoms with Crippen LogP contribution in [0.5, 0.6) is 0 Å². The Morgan fingerprint density at radius 1 is 1.55 bits per heavy atom. The van der Waals surface area contributed by atoms with Crippen LogP contribution in [0.3, 0.4) is 0 Å². The van der Waals surface area contributed by atoms with E-state index < -0.39 is 0 Å². The SMILES string of the molecule is Cc1cc2c(N)nccc2o1. The molecule has 2 heterocycles. The fourth-order valence-corrected chi connectivity index (χ4v) is 1.11. The summed E-state index contributed by atoms with van der Waals surface area (Å²) in [4.78, 5) is 3.94. The molecule has 2 N–H and O–H groups in total. The van der Waals surface area contributed by atoms with Gasteiger partial charge in [-0.1, -0.05) is 0 Å². The van der Waals surface area contributed by atoms with Crippen molar-refractivity contribution in [2.75, 3.05) is 5.73 Å². The van der Waals surface area contributed by atoms with Crippen LogP contribution in [0, 0.1) is 6.92 Å². The Hall–Kier alpha value is -1.51. The summed E-state index contributed by atoms with van der Waals surface area (Å²) in [6.07, 6.45) is 1.64. The number of aryl methyl sites for hydroxylation is 1. The Kier molecular flexibility index (Phi) is 1.12. The van der Waals surface area contributed by atoms with Gasteiger partial charge >= 0.3 is 0 Å². The second-order valence-corrected chi connectivity index (χ2v) is 2.47. The Morgan fingerprint density at radius 2 is 2.36 bits per heavy atom. The van der Waals surface area contributed by atoms with Gasteiger partial charge in [0.15, 0.2) is 0 Å². The van der Waals surface area contributed by atoms with E-state index in [4.69, 9.17) is 10.2 Å². The maximum Gasteiger partial charge on any atom is 0.139 e. The molecule has 0 spiro atoms. The van der Waals surface area contributed by atoms with E-state index in [9.17, 15) is 0 Å². The van der Waals surface area contributed by atoms with Crippen LogP contribution in [-0.4, -0.2) is 4.98 Å². The molecular weight excluding hydrogens is 140 g/mol. The second-order valence-electron chi connectivity index (χ2n) is 2.47. The normalized spacial score (nSPS) is 10.6. The van der Waals surface area contributed by atoms with Crippen molar-refractivity contribution in [1.82, 2.24) is 4.98 Å². The predicted octanol–water partition coefficient (Wildman–Crippen LogP) is 1.72. The van der Waals surface area contributed by atoms with Crippen LogP contribution in [0.15, 0.2) is 22.7 Å². The zero-order valence-electron chi connectivity index (χ0n) is 6.16. The average molecular weight is 148 g/mol. The van der Waals surface area contributed by atoms with Crippen LogP contribution < -0.4 is 5.73 Å². The van der Waals surface area contributed by atoms with Crippen molar-refractivity contribution in [3.63, 3.8) is 0 Å². The van der Waals surface area contributed by atoms with Crippen molar-refractivity contribution < 1.29 is 4.42 Å². The maximum atomic E-state index is 5.60. The highest BCUT2D eigenvalue weighted by atomic mass is 16.3. The number of fused-ring (bicyclic) bond motifs is 1.